The minimum atomic E-state index is -1.05. The van der Waals surface area contributed by atoms with Crippen LogP contribution >= 0.6 is 0 Å². The molecule has 1 aliphatic rings. The van der Waals surface area contributed by atoms with Crippen molar-refractivity contribution in [1.82, 2.24) is 21.3 Å². The first-order valence-corrected chi connectivity index (χ1v) is 11.5. The van der Waals surface area contributed by atoms with Crippen molar-refractivity contribution in [2.75, 3.05) is 7.05 Å². The average molecular weight is 461 g/mol. The first-order valence-electron chi connectivity index (χ1n) is 11.5. The van der Waals surface area contributed by atoms with Crippen molar-refractivity contribution in [3.05, 3.63) is 35.4 Å². The van der Waals surface area contributed by atoms with E-state index in [4.69, 9.17) is 5.11 Å². The Labute approximate surface area is 195 Å². The van der Waals surface area contributed by atoms with Crippen LogP contribution in [0.1, 0.15) is 63.6 Å². The molecule has 0 saturated carbocycles. The molecule has 0 saturated heterocycles. The zero-order chi connectivity index (χ0) is 24.5. The highest BCUT2D eigenvalue weighted by Crippen LogP contribution is 2.29. The second-order valence-corrected chi connectivity index (χ2v) is 8.89. The van der Waals surface area contributed by atoms with Gasteiger partial charge in [0.2, 0.25) is 17.7 Å². The molecular formula is C24H36N4O5. The number of hydrogen-bond acceptors (Lipinski definition) is 5. The van der Waals surface area contributed by atoms with E-state index in [0.717, 1.165) is 24.8 Å². The number of amides is 3. The van der Waals surface area contributed by atoms with Crippen LogP contribution in [0, 0.1) is 5.92 Å². The first kappa shape index (κ1) is 26.3. The number of carboxylic acids is 1. The van der Waals surface area contributed by atoms with E-state index in [1.165, 1.54) is 5.56 Å². The largest absolute Gasteiger partial charge is 0.481 e. The van der Waals surface area contributed by atoms with Crippen molar-refractivity contribution in [2.45, 2.75) is 77.0 Å². The van der Waals surface area contributed by atoms with E-state index in [1.807, 2.05) is 24.3 Å². The van der Waals surface area contributed by atoms with Gasteiger partial charge in [0.25, 0.3) is 0 Å². The molecule has 182 valence electrons. The summed E-state index contributed by atoms with van der Waals surface area (Å²) in [6.45, 7) is 5.26. The van der Waals surface area contributed by atoms with E-state index in [2.05, 4.69) is 21.3 Å². The molecule has 9 nitrogen and oxygen atoms in total. The second-order valence-electron chi connectivity index (χ2n) is 8.89. The third-order valence-corrected chi connectivity index (χ3v) is 6.04. The highest BCUT2D eigenvalue weighted by Gasteiger charge is 2.31. The number of fused-ring (bicyclic) bond motifs is 1. The molecule has 5 N–H and O–H groups in total. The maximum atomic E-state index is 13.1. The molecule has 4 atom stereocenters. The van der Waals surface area contributed by atoms with E-state index in [-0.39, 0.29) is 30.7 Å². The molecular weight excluding hydrogens is 424 g/mol. The van der Waals surface area contributed by atoms with Crippen LogP contribution in [0.4, 0.5) is 0 Å². The number of carbonyl (C=O) groups is 4. The lowest BCUT2D eigenvalue weighted by atomic mass is 9.87. The highest BCUT2D eigenvalue weighted by molar-refractivity contribution is 5.93. The zero-order valence-corrected chi connectivity index (χ0v) is 19.8. The normalized spacial score (nSPS) is 17.9. The van der Waals surface area contributed by atoms with E-state index in [0.29, 0.717) is 0 Å². The number of carboxylic acid groups (broad SMARTS) is 1. The molecule has 0 heterocycles. The second kappa shape index (κ2) is 12.3. The molecule has 4 unspecified atom stereocenters. The maximum Gasteiger partial charge on any atom is 0.303 e. The Kier molecular flexibility index (Phi) is 9.84. The van der Waals surface area contributed by atoms with Crippen molar-refractivity contribution in [1.29, 1.82) is 0 Å². The van der Waals surface area contributed by atoms with Crippen LogP contribution < -0.4 is 21.3 Å². The monoisotopic (exact) mass is 460 g/mol. The summed E-state index contributed by atoms with van der Waals surface area (Å²) in [6.07, 6.45) is 2.33. The molecule has 0 fully saturated rings. The van der Waals surface area contributed by atoms with Gasteiger partial charge in [0.15, 0.2) is 0 Å². The number of rotatable bonds is 11. The van der Waals surface area contributed by atoms with Gasteiger partial charge in [-0.2, -0.15) is 0 Å². The summed E-state index contributed by atoms with van der Waals surface area (Å²) in [5, 5.41) is 20.3. The van der Waals surface area contributed by atoms with Crippen LogP contribution in [-0.2, 0) is 25.6 Å². The van der Waals surface area contributed by atoms with Crippen LogP contribution in [0.5, 0.6) is 0 Å². The average Bonchev–Trinajstić information content (AvgIpc) is 2.79. The summed E-state index contributed by atoms with van der Waals surface area (Å²) in [5.41, 5.74) is 2.23. The smallest absolute Gasteiger partial charge is 0.303 e. The number of aliphatic carboxylic acids is 1. The Morgan fingerprint density at radius 1 is 1.03 bits per heavy atom. The summed E-state index contributed by atoms with van der Waals surface area (Å²) in [5.74, 6) is -2.57. The van der Waals surface area contributed by atoms with Crippen LogP contribution in [0.15, 0.2) is 24.3 Å². The van der Waals surface area contributed by atoms with Gasteiger partial charge in [-0.05, 0) is 56.7 Å². The molecule has 0 aliphatic heterocycles. The molecule has 9 heteroatoms. The van der Waals surface area contributed by atoms with E-state index in [1.54, 1.807) is 27.8 Å². The van der Waals surface area contributed by atoms with Gasteiger partial charge < -0.3 is 26.4 Å². The molecule has 0 bridgehead atoms. The van der Waals surface area contributed by atoms with Gasteiger partial charge in [0.1, 0.15) is 12.1 Å². The topological polar surface area (TPSA) is 137 Å². The Balaban J connectivity index is 2.14. The molecule has 1 aliphatic carbocycles. The Morgan fingerprint density at radius 2 is 1.73 bits per heavy atom. The summed E-state index contributed by atoms with van der Waals surface area (Å²) < 4.78 is 0. The molecule has 1 aromatic rings. The molecule has 1 aromatic carbocycles. The standard InChI is InChI=1S/C24H36N4O5/c1-14(2)21(28-22(31)15(3)25-4)24(33)27-19(12-13-20(29)30)23(32)26-18-11-7-9-16-8-5-6-10-17(16)18/h5-6,8,10,14-15,18-19,21,25H,7,9,11-13H2,1-4H3,(H,26,32)(H,27,33)(H,28,31)(H,29,30). The first-order chi connectivity index (χ1) is 15.6. The fraction of sp³-hybridized carbons (Fsp3) is 0.583. The molecule has 0 aromatic heterocycles. The Morgan fingerprint density at radius 3 is 2.36 bits per heavy atom. The van der Waals surface area contributed by atoms with Crippen molar-refractivity contribution in [3.63, 3.8) is 0 Å². The van der Waals surface area contributed by atoms with Crippen LogP contribution in [0.25, 0.3) is 0 Å². The maximum absolute atomic E-state index is 13.1. The number of nitrogens with one attached hydrogen (secondary N) is 4. The number of carbonyl (C=O) groups excluding carboxylic acids is 3. The molecule has 3 amide bonds. The van der Waals surface area contributed by atoms with Gasteiger partial charge in [-0.25, -0.2) is 0 Å². The predicted molar refractivity (Wildman–Crippen MR) is 124 cm³/mol. The third kappa shape index (κ3) is 7.56. The minimum absolute atomic E-state index is 0.0487. The van der Waals surface area contributed by atoms with Gasteiger partial charge in [-0.15, -0.1) is 0 Å². The van der Waals surface area contributed by atoms with Gasteiger partial charge in [-0.1, -0.05) is 38.1 Å². The fourth-order valence-electron chi connectivity index (χ4n) is 3.92. The fourth-order valence-corrected chi connectivity index (χ4v) is 3.92. The molecule has 33 heavy (non-hydrogen) atoms. The predicted octanol–water partition coefficient (Wildman–Crippen LogP) is 1.28. The summed E-state index contributed by atoms with van der Waals surface area (Å²) >= 11 is 0. The van der Waals surface area contributed by atoms with Crippen molar-refractivity contribution >= 4 is 23.7 Å². The molecule has 0 spiro atoms. The summed E-state index contributed by atoms with van der Waals surface area (Å²) in [6, 6.07) is 5.35. The highest BCUT2D eigenvalue weighted by atomic mass is 16.4. The molecule has 2 rings (SSSR count). The van der Waals surface area contributed by atoms with E-state index >= 15 is 0 Å². The van der Waals surface area contributed by atoms with Gasteiger partial charge in [0, 0.05) is 6.42 Å². The van der Waals surface area contributed by atoms with Crippen molar-refractivity contribution < 1.29 is 24.3 Å². The van der Waals surface area contributed by atoms with E-state index < -0.39 is 35.9 Å². The van der Waals surface area contributed by atoms with Gasteiger partial charge in [0.05, 0.1) is 12.1 Å². The zero-order valence-electron chi connectivity index (χ0n) is 19.8. The number of aryl methyl sites for hydroxylation is 1. The minimum Gasteiger partial charge on any atom is -0.481 e. The summed E-state index contributed by atoms with van der Waals surface area (Å²) in [7, 11) is 1.64. The lowest BCUT2D eigenvalue weighted by Gasteiger charge is -2.29. The van der Waals surface area contributed by atoms with Crippen molar-refractivity contribution in [3.8, 4) is 0 Å². The summed E-state index contributed by atoms with van der Waals surface area (Å²) in [4.78, 5) is 49.6. The number of likely N-dealkylation sites (N-methyl/N-ethyl adjacent to an activating group) is 1. The Bertz CT molecular complexity index is 857. The lowest BCUT2D eigenvalue weighted by Crippen LogP contribution is -2.57. The number of hydrogen-bond donors (Lipinski definition) is 5. The van der Waals surface area contributed by atoms with E-state index in [9.17, 15) is 19.2 Å². The van der Waals surface area contributed by atoms with Crippen LogP contribution in [0.2, 0.25) is 0 Å². The quantitative estimate of drug-likeness (QED) is 0.337. The van der Waals surface area contributed by atoms with Gasteiger partial charge in [-0.3, -0.25) is 19.2 Å². The van der Waals surface area contributed by atoms with Crippen molar-refractivity contribution in [2.24, 2.45) is 5.92 Å². The van der Waals surface area contributed by atoms with Crippen LogP contribution in [0.3, 0.4) is 0 Å². The third-order valence-electron chi connectivity index (χ3n) is 6.04. The number of benzene rings is 1. The van der Waals surface area contributed by atoms with Gasteiger partial charge >= 0.3 is 5.97 Å². The molecule has 0 radical (unpaired) electrons. The Hall–Kier alpha value is -2.94. The lowest BCUT2D eigenvalue weighted by molar-refractivity contribution is -0.138. The SMILES string of the molecule is CNC(C)C(=O)NC(C(=O)NC(CCC(=O)O)C(=O)NC1CCCc2ccccc21)C(C)C. The van der Waals surface area contributed by atoms with Crippen LogP contribution in [-0.4, -0.2) is 54.0 Å².